The number of fused-ring (bicyclic) bond motifs is 4. The smallest absolute Gasteiger partial charge is 0.408 e. The highest BCUT2D eigenvalue weighted by Crippen LogP contribution is 2.36. The van der Waals surface area contributed by atoms with Crippen molar-refractivity contribution in [3.8, 4) is 17.2 Å². The highest BCUT2D eigenvalue weighted by molar-refractivity contribution is 5.97. The predicted molar refractivity (Wildman–Crippen MR) is 246 cm³/mol. The van der Waals surface area contributed by atoms with Crippen molar-refractivity contribution in [3.63, 3.8) is 0 Å². The van der Waals surface area contributed by atoms with Crippen LogP contribution >= 0.6 is 0 Å². The maximum atomic E-state index is 13.7. The molecule has 0 aliphatic carbocycles. The Morgan fingerprint density at radius 2 is 1.52 bits per heavy atom. The van der Waals surface area contributed by atoms with E-state index in [4.69, 9.17) is 14.2 Å². The molecule has 4 heterocycles. The molecule has 1 amide bonds. The molecule has 3 aliphatic rings. The van der Waals surface area contributed by atoms with Gasteiger partial charge < -0.3 is 44.5 Å². The summed E-state index contributed by atoms with van der Waals surface area (Å²) in [7, 11) is 0. The van der Waals surface area contributed by atoms with Crippen LogP contribution in [0.2, 0.25) is 0 Å². The quantitative estimate of drug-likeness (QED) is 0.0291. The number of hydrogen-bond acceptors (Lipinski definition) is 9. The molecule has 2 bridgehead atoms. The molecule has 3 saturated heterocycles. The van der Waals surface area contributed by atoms with E-state index in [0.717, 1.165) is 79.7 Å². The fourth-order valence-corrected chi connectivity index (χ4v) is 9.18. The number of benzene rings is 5. The summed E-state index contributed by atoms with van der Waals surface area (Å²) in [6.45, 7) is 4.87. The average Bonchev–Trinajstić information content (AvgIpc) is 3.32. The molecule has 0 radical (unpaired) electrons. The molecular formula is C52H57N4O8+. The maximum absolute atomic E-state index is 13.7. The van der Waals surface area contributed by atoms with Gasteiger partial charge in [0, 0.05) is 42.3 Å². The summed E-state index contributed by atoms with van der Waals surface area (Å²) in [5.74, 6) is 1.82. The number of phenols is 1. The Morgan fingerprint density at radius 3 is 2.31 bits per heavy atom. The lowest BCUT2D eigenvalue weighted by atomic mass is 9.83. The van der Waals surface area contributed by atoms with Gasteiger partial charge in [0.1, 0.15) is 36.9 Å². The number of amides is 1. The van der Waals surface area contributed by atoms with Crippen LogP contribution in [0.15, 0.2) is 138 Å². The third-order valence-electron chi connectivity index (χ3n) is 12.6. The Kier molecular flexibility index (Phi) is 14.4. The number of carbonyl (C=O) groups excluding carboxylic acids is 2. The molecule has 5 N–H and O–H groups in total. The summed E-state index contributed by atoms with van der Waals surface area (Å²) >= 11 is 0. The molecule has 12 heteroatoms. The number of aliphatic hydroxyl groups excluding tert-OH is 1. The highest BCUT2D eigenvalue weighted by atomic mass is 16.6. The van der Waals surface area contributed by atoms with Gasteiger partial charge in [-0.25, -0.2) is 4.79 Å². The molecule has 0 spiro atoms. The number of piperidine rings is 3. The van der Waals surface area contributed by atoms with E-state index in [1.54, 1.807) is 12.1 Å². The van der Waals surface area contributed by atoms with Gasteiger partial charge in [0.2, 0.25) is 11.3 Å². The number of phenolic OH excluding ortho intramolecular Hbond substituents is 1. The number of H-pyrrole nitrogens is 1. The molecule has 12 nitrogen and oxygen atoms in total. The summed E-state index contributed by atoms with van der Waals surface area (Å²) < 4.78 is 19.2. The lowest BCUT2D eigenvalue weighted by molar-refractivity contribution is -0.938. The van der Waals surface area contributed by atoms with E-state index >= 15 is 0 Å². The minimum absolute atomic E-state index is 0.0319. The van der Waals surface area contributed by atoms with Crippen molar-refractivity contribution in [1.82, 2.24) is 15.6 Å². The number of alkyl carbamates (subject to hydrolysis) is 1. The lowest BCUT2D eigenvalue weighted by Gasteiger charge is -2.51. The van der Waals surface area contributed by atoms with Crippen LogP contribution in [0.3, 0.4) is 0 Å². The minimum atomic E-state index is -0.794. The molecule has 5 aromatic carbocycles. The second-order valence-corrected chi connectivity index (χ2v) is 17.1. The summed E-state index contributed by atoms with van der Waals surface area (Å²) in [4.78, 5) is 41.3. The van der Waals surface area contributed by atoms with Crippen molar-refractivity contribution < 1.29 is 38.5 Å². The summed E-state index contributed by atoms with van der Waals surface area (Å²) in [6, 6.07) is 40.6. The van der Waals surface area contributed by atoms with E-state index in [0.29, 0.717) is 59.5 Å². The number of ether oxygens (including phenoxy) is 3. The Labute approximate surface area is 373 Å². The van der Waals surface area contributed by atoms with Gasteiger partial charge in [-0.1, -0.05) is 91.0 Å². The van der Waals surface area contributed by atoms with Crippen molar-refractivity contribution in [1.29, 1.82) is 0 Å². The van der Waals surface area contributed by atoms with E-state index in [2.05, 4.69) is 15.6 Å². The van der Waals surface area contributed by atoms with Crippen molar-refractivity contribution in [3.05, 3.63) is 172 Å². The van der Waals surface area contributed by atoms with Crippen LogP contribution in [0, 0.1) is 5.92 Å². The second kappa shape index (κ2) is 20.8. The minimum Gasteiger partial charge on any atom is -0.506 e. The van der Waals surface area contributed by atoms with Crippen LogP contribution in [0.4, 0.5) is 4.79 Å². The molecule has 9 rings (SSSR count). The fourth-order valence-electron chi connectivity index (χ4n) is 9.18. The van der Waals surface area contributed by atoms with Crippen LogP contribution in [-0.2, 0) is 11.3 Å². The number of aromatic hydroxyl groups is 1. The third kappa shape index (κ3) is 11.2. The molecule has 332 valence electrons. The Morgan fingerprint density at radius 1 is 0.781 bits per heavy atom. The maximum Gasteiger partial charge on any atom is 0.408 e. The van der Waals surface area contributed by atoms with Crippen LogP contribution < -0.4 is 25.7 Å². The number of nitrogens with one attached hydrogen (secondary N) is 3. The number of unbranched alkanes of at least 4 members (excludes halogenated alkanes) is 2. The van der Waals surface area contributed by atoms with Crippen molar-refractivity contribution in [2.75, 3.05) is 45.9 Å². The van der Waals surface area contributed by atoms with Gasteiger partial charge in [-0.2, -0.15) is 0 Å². The van der Waals surface area contributed by atoms with Gasteiger partial charge in [-0.15, -0.1) is 0 Å². The third-order valence-corrected chi connectivity index (χ3v) is 12.6. The Bertz CT molecular complexity index is 2560. The number of Topliss-reactive ketones (excluding diaryl/α,β-unsaturated/α-hetero) is 1. The first-order valence-electron chi connectivity index (χ1n) is 22.4. The predicted octanol–water partition coefficient (Wildman–Crippen LogP) is 7.99. The number of ketones is 1. The number of rotatable bonds is 20. The monoisotopic (exact) mass is 865 g/mol. The van der Waals surface area contributed by atoms with E-state index in [1.807, 2.05) is 109 Å². The number of hydrogen-bond donors (Lipinski definition) is 5. The molecule has 6 aromatic rings. The van der Waals surface area contributed by atoms with Crippen molar-refractivity contribution in [2.45, 2.75) is 57.0 Å². The van der Waals surface area contributed by atoms with Gasteiger partial charge >= 0.3 is 6.09 Å². The standard InChI is InChI=1S/C52H56N4O8/c57-45-22-20-43(44-21-23-49(60)54-51(44)45)46(58)32-53-26-8-3-9-29-62-41-18-10-12-36(30-41)35-63-42-19-11-17-40(31-42)50(39-15-6-2-7-16-39)55-52(61)64-48-34-56(27-24-38(48)25-28-56)33-47(59)37-13-4-1-5-14-37/h1-2,4-7,10-23,30-31,38,46,48,50,53,58H,3,8-9,24-29,32-35H2,(H2-,54,55,57,60,61)/p+1/t38?,46-,48-,50?,56?/m0/s1. The number of quaternary nitrogens is 1. The first-order chi connectivity index (χ1) is 31.2. The molecule has 3 aliphatic heterocycles. The number of aromatic amines is 1. The summed E-state index contributed by atoms with van der Waals surface area (Å²) in [5, 5.41) is 28.0. The van der Waals surface area contributed by atoms with Gasteiger partial charge in [0.25, 0.3) is 0 Å². The molecule has 64 heavy (non-hydrogen) atoms. The van der Waals surface area contributed by atoms with Gasteiger partial charge in [-0.05, 0) is 84.5 Å². The van der Waals surface area contributed by atoms with Crippen LogP contribution in [-0.4, -0.2) is 83.5 Å². The molecule has 1 unspecified atom stereocenters. The summed E-state index contributed by atoms with van der Waals surface area (Å²) in [5.41, 5.74) is 4.11. The van der Waals surface area contributed by atoms with Gasteiger partial charge in [0.15, 0.2) is 6.10 Å². The number of carbonyl (C=O) groups is 2. The second-order valence-electron chi connectivity index (χ2n) is 17.1. The largest absolute Gasteiger partial charge is 0.506 e. The number of nitrogens with zero attached hydrogens (tertiary/aromatic N) is 1. The van der Waals surface area contributed by atoms with E-state index in [1.165, 1.54) is 12.1 Å². The van der Waals surface area contributed by atoms with Gasteiger partial charge in [0.05, 0.1) is 37.4 Å². The fraction of sp³-hybridized carbons (Fsp3) is 0.327. The summed E-state index contributed by atoms with van der Waals surface area (Å²) in [6.07, 6.45) is 3.05. The first kappa shape index (κ1) is 44.1. The molecule has 0 saturated carbocycles. The zero-order valence-corrected chi connectivity index (χ0v) is 36.0. The normalized spacial score (nSPS) is 18.8. The topological polar surface area (TPSA) is 159 Å². The Hall–Kier alpha value is -6.47. The zero-order valence-electron chi connectivity index (χ0n) is 36.0. The van der Waals surface area contributed by atoms with Crippen molar-refractivity contribution >= 4 is 22.8 Å². The zero-order chi connectivity index (χ0) is 44.3. The van der Waals surface area contributed by atoms with Crippen molar-refractivity contribution in [2.24, 2.45) is 5.92 Å². The highest BCUT2D eigenvalue weighted by Gasteiger charge is 2.48. The lowest BCUT2D eigenvalue weighted by Crippen LogP contribution is -2.66. The number of pyridine rings is 1. The van der Waals surface area contributed by atoms with Crippen LogP contribution in [0.25, 0.3) is 10.9 Å². The van der Waals surface area contributed by atoms with E-state index in [-0.39, 0.29) is 29.1 Å². The van der Waals surface area contributed by atoms with Crippen LogP contribution in [0.1, 0.15) is 76.9 Å². The number of aromatic nitrogens is 1. The molecular weight excluding hydrogens is 809 g/mol. The molecule has 1 aromatic heterocycles. The first-order valence-corrected chi connectivity index (χ1v) is 22.4. The Balaban J connectivity index is 0.794. The average molecular weight is 866 g/mol. The molecule has 3 fully saturated rings. The SMILES string of the molecule is O=C(NC(c1ccccc1)c1cccc(OCc2cccc(OCCCCCNC[C@H](O)c3ccc(O)c4[nH]c(=O)ccc34)c2)c1)O[C@H]1C[N+]2(CC(=O)c3ccccc3)CCC1CC2. The molecule has 3 atom stereocenters. The van der Waals surface area contributed by atoms with Gasteiger partial charge in [-0.3, -0.25) is 9.59 Å². The number of aliphatic hydroxyl groups is 1. The van der Waals surface area contributed by atoms with E-state index in [9.17, 15) is 24.6 Å². The van der Waals surface area contributed by atoms with Crippen LogP contribution in [0.5, 0.6) is 17.2 Å². The van der Waals surface area contributed by atoms with E-state index < -0.39 is 18.2 Å².